The Kier molecular flexibility index (Phi) is 8.23. The number of hydrogen-bond acceptors (Lipinski definition) is 4. The molecule has 0 aromatic heterocycles. The van der Waals surface area contributed by atoms with Gasteiger partial charge in [-0.2, -0.15) is 11.8 Å². The van der Waals surface area contributed by atoms with Gasteiger partial charge >= 0.3 is 0 Å². The summed E-state index contributed by atoms with van der Waals surface area (Å²) < 4.78 is 39.1. The van der Waals surface area contributed by atoms with E-state index in [-0.39, 0.29) is 21.9 Å². The highest BCUT2D eigenvalue weighted by Crippen LogP contribution is 2.27. The summed E-state index contributed by atoms with van der Waals surface area (Å²) in [6.45, 7) is 8.39. The maximum atomic E-state index is 13.4. The SMILES string of the molecule is CC[C@@H](C(=O)NCCSC(C)(C)C)N(c1ccc(F)c(Cl)c1)S(C)(=O)=O. The fourth-order valence-corrected chi connectivity index (χ4v) is 4.53. The fraction of sp³-hybridized carbons (Fsp3) is 0.588. The summed E-state index contributed by atoms with van der Waals surface area (Å²) in [5.74, 6) is -0.333. The predicted octanol–water partition coefficient (Wildman–Crippen LogP) is 3.67. The van der Waals surface area contributed by atoms with Gasteiger partial charge in [0, 0.05) is 17.0 Å². The Morgan fingerprint density at radius 1 is 1.38 bits per heavy atom. The smallest absolute Gasteiger partial charge is 0.243 e. The van der Waals surface area contributed by atoms with E-state index in [0.717, 1.165) is 16.6 Å². The van der Waals surface area contributed by atoms with Gasteiger partial charge in [0.1, 0.15) is 11.9 Å². The topological polar surface area (TPSA) is 66.5 Å². The zero-order valence-corrected chi connectivity index (χ0v) is 18.1. The van der Waals surface area contributed by atoms with Crippen LogP contribution < -0.4 is 9.62 Å². The lowest BCUT2D eigenvalue weighted by Gasteiger charge is -2.30. The highest BCUT2D eigenvalue weighted by molar-refractivity contribution is 8.00. The average molecular weight is 425 g/mol. The molecule has 1 aromatic rings. The Balaban J connectivity index is 2.99. The van der Waals surface area contributed by atoms with Gasteiger partial charge in [0.2, 0.25) is 15.9 Å². The number of nitrogens with one attached hydrogen (secondary N) is 1. The number of halogens is 2. The number of hydrogen-bond donors (Lipinski definition) is 1. The van der Waals surface area contributed by atoms with E-state index in [2.05, 4.69) is 26.1 Å². The van der Waals surface area contributed by atoms with Crippen molar-refractivity contribution in [2.75, 3.05) is 22.9 Å². The third-order valence-electron chi connectivity index (χ3n) is 3.42. The van der Waals surface area contributed by atoms with E-state index in [1.54, 1.807) is 18.7 Å². The molecule has 1 amide bonds. The zero-order valence-electron chi connectivity index (χ0n) is 15.7. The van der Waals surface area contributed by atoms with E-state index < -0.39 is 27.8 Å². The first kappa shape index (κ1) is 23.0. The van der Waals surface area contributed by atoms with Crippen LogP contribution in [-0.2, 0) is 14.8 Å². The van der Waals surface area contributed by atoms with Gasteiger partial charge in [-0.15, -0.1) is 0 Å². The monoisotopic (exact) mass is 424 g/mol. The van der Waals surface area contributed by atoms with Gasteiger partial charge in [-0.25, -0.2) is 12.8 Å². The molecule has 1 rings (SSSR count). The van der Waals surface area contributed by atoms with Crippen molar-refractivity contribution in [1.29, 1.82) is 0 Å². The Morgan fingerprint density at radius 2 is 2.00 bits per heavy atom. The first-order valence-corrected chi connectivity index (χ1v) is 11.4. The van der Waals surface area contributed by atoms with Crippen LogP contribution >= 0.6 is 23.4 Å². The van der Waals surface area contributed by atoms with Crippen LogP contribution in [0.5, 0.6) is 0 Å². The highest BCUT2D eigenvalue weighted by Gasteiger charge is 2.31. The summed E-state index contributed by atoms with van der Waals surface area (Å²) in [5.41, 5.74) is 0.157. The Morgan fingerprint density at radius 3 is 2.46 bits per heavy atom. The van der Waals surface area contributed by atoms with E-state index in [1.165, 1.54) is 12.1 Å². The minimum Gasteiger partial charge on any atom is -0.353 e. The molecule has 0 spiro atoms. The zero-order chi connectivity index (χ0) is 20.1. The van der Waals surface area contributed by atoms with Crippen molar-refractivity contribution in [2.45, 2.75) is 44.9 Å². The first-order chi connectivity index (χ1) is 11.9. The summed E-state index contributed by atoms with van der Waals surface area (Å²) in [6.07, 6.45) is 1.27. The van der Waals surface area contributed by atoms with E-state index in [0.29, 0.717) is 12.3 Å². The Hall–Kier alpha value is -0.990. The van der Waals surface area contributed by atoms with Crippen molar-refractivity contribution in [3.8, 4) is 0 Å². The normalized spacial score (nSPS) is 13.3. The third-order valence-corrected chi connectivity index (χ3v) is 6.17. The molecule has 0 aliphatic carbocycles. The predicted molar refractivity (Wildman–Crippen MR) is 108 cm³/mol. The van der Waals surface area contributed by atoms with E-state index in [1.807, 2.05) is 0 Å². The van der Waals surface area contributed by atoms with Crippen LogP contribution in [0, 0.1) is 5.82 Å². The molecule has 0 unspecified atom stereocenters. The molecular weight excluding hydrogens is 399 g/mol. The van der Waals surface area contributed by atoms with E-state index >= 15 is 0 Å². The molecule has 0 bridgehead atoms. The molecule has 5 nitrogen and oxygen atoms in total. The minimum absolute atomic E-state index is 0.0819. The van der Waals surface area contributed by atoms with Gasteiger partial charge in [0.05, 0.1) is 17.0 Å². The largest absolute Gasteiger partial charge is 0.353 e. The Labute approximate surface area is 164 Å². The van der Waals surface area contributed by atoms with Crippen LogP contribution in [0.4, 0.5) is 10.1 Å². The molecule has 0 saturated carbocycles. The van der Waals surface area contributed by atoms with Crippen molar-refractivity contribution in [3.05, 3.63) is 29.0 Å². The number of nitrogens with zero attached hydrogens (tertiary/aromatic N) is 1. The third kappa shape index (κ3) is 6.96. The number of carbonyl (C=O) groups excluding carboxylic acids is 1. The average Bonchev–Trinajstić information content (AvgIpc) is 2.49. The van der Waals surface area contributed by atoms with Crippen LogP contribution in [-0.4, -0.2) is 43.7 Å². The molecule has 1 aromatic carbocycles. The van der Waals surface area contributed by atoms with Gasteiger partial charge in [-0.3, -0.25) is 9.10 Å². The second kappa shape index (κ2) is 9.28. The quantitative estimate of drug-likeness (QED) is 0.646. The molecule has 0 aliphatic heterocycles. The lowest BCUT2D eigenvalue weighted by molar-refractivity contribution is -0.122. The molecule has 0 aliphatic rings. The van der Waals surface area contributed by atoms with Gasteiger partial charge < -0.3 is 5.32 Å². The van der Waals surface area contributed by atoms with Crippen molar-refractivity contribution in [1.82, 2.24) is 5.32 Å². The van der Waals surface area contributed by atoms with Crippen LogP contribution in [0.15, 0.2) is 18.2 Å². The van der Waals surface area contributed by atoms with Crippen LogP contribution in [0.2, 0.25) is 5.02 Å². The summed E-state index contributed by atoms with van der Waals surface area (Å²) in [7, 11) is -3.77. The molecule has 0 fully saturated rings. The standard InChI is InChI=1S/C17H26ClFN2O3S2/c1-6-15(16(22)20-9-10-25-17(2,3)4)21(26(5,23)24)12-7-8-14(19)13(18)11-12/h7-8,11,15H,6,9-10H2,1-5H3,(H,20,22)/t15-/m0/s1. The molecule has 0 saturated heterocycles. The second-order valence-electron chi connectivity index (χ2n) is 6.83. The summed E-state index contributed by atoms with van der Waals surface area (Å²) in [4.78, 5) is 12.6. The maximum Gasteiger partial charge on any atom is 0.243 e. The number of thioether (sulfide) groups is 1. The summed E-state index contributed by atoms with van der Waals surface area (Å²) in [5, 5.41) is 2.58. The molecule has 26 heavy (non-hydrogen) atoms. The minimum atomic E-state index is -3.77. The molecular formula is C17H26ClFN2O3S2. The molecule has 0 heterocycles. The molecule has 148 valence electrons. The van der Waals surface area contributed by atoms with Gasteiger partial charge in [0.25, 0.3) is 0 Å². The Bertz CT molecular complexity index is 736. The molecule has 1 atom stereocenters. The van der Waals surface area contributed by atoms with Crippen LogP contribution in [0.3, 0.4) is 0 Å². The number of sulfonamides is 1. The van der Waals surface area contributed by atoms with Gasteiger partial charge in [-0.05, 0) is 24.6 Å². The number of carbonyl (C=O) groups is 1. The van der Waals surface area contributed by atoms with Crippen molar-refractivity contribution in [3.63, 3.8) is 0 Å². The molecule has 0 radical (unpaired) electrons. The van der Waals surface area contributed by atoms with Crippen molar-refractivity contribution < 1.29 is 17.6 Å². The maximum absolute atomic E-state index is 13.4. The number of benzene rings is 1. The summed E-state index contributed by atoms with van der Waals surface area (Å²) >= 11 is 7.48. The van der Waals surface area contributed by atoms with Crippen molar-refractivity contribution >= 4 is 45.0 Å². The lowest BCUT2D eigenvalue weighted by Crippen LogP contribution is -2.49. The van der Waals surface area contributed by atoms with E-state index in [9.17, 15) is 17.6 Å². The number of rotatable bonds is 8. The van der Waals surface area contributed by atoms with Gasteiger partial charge in [0.15, 0.2) is 0 Å². The van der Waals surface area contributed by atoms with Crippen molar-refractivity contribution in [2.24, 2.45) is 0 Å². The molecule has 1 N–H and O–H groups in total. The van der Waals surface area contributed by atoms with Gasteiger partial charge in [-0.1, -0.05) is 39.3 Å². The van der Waals surface area contributed by atoms with E-state index in [4.69, 9.17) is 11.6 Å². The number of amides is 1. The fourth-order valence-electron chi connectivity index (χ4n) is 2.33. The summed E-state index contributed by atoms with van der Waals surface area (Å²) in [6, 6.07) is 2.66. The first-order valence-electron chi connectivity index (χ1n) is 8.23. The highest BCUT2D eigenvalue weighted by atomic mass is 35.5. The molecule has 9 heteroatoms. The number of anilines is 1. The lowest BCUT2D eigenvalue weighted by atomic mass is 10.2. The van der Waals surface area contributed by atoms with Crippen LogP contribution in [0.1, 0.15) is 34.1 Å². The second-order valence-corrected chi connectivity index (χ2v) is 11.0. The van der Waals surface area contributed by atoms with Crippen LogP contribution in [0.25, 0.3) is 0 Å².